The zero-order chi connectivity index (χ0) is 12.0. The van der Waals surface area contributed by atoms with Crippen molar-refractivity contribution in [2.24, 2.45) is 0 Å². The lowest BCUT2D eigenvalue weighted by atomic mass is 10.2. The normalized spacial score (nSPS) is 10.4. The molecule has 0 unspecified atom stereocenters. The SMILES string of the molecule is Cc1oncc1C(=O)N(C)CCCCCO. The van der Waals surface area contributed by atoms with Crippen molar-refractivity contribution in [3.8, 4) is 0 Å². The van der Waals surface area contributed by atoms with Gasteiger partial charge in [0.1, 0.15) is 11.3 Å². The molecule has 1 aromatic rings. The lowest BCUT2D eigenvalue weighted by Crippen LogP contribution is -2.27. The number of aromatic nitrogens is 1. The summed E-state index contributed by atoms with van der Waals surface area (Å²) in [5.41, 5.74) is 0.518. The standard InChI is InChI=1S/C11H18N2O3/c1-9-10(8-12-16-9)11(15)13(2)6-4-3-5-7-14/h8,14H,3-7H2,1-2H3. The number of aliphatic hydroxyl groups excluding tert-OH is 1. The van der Waals surface area contributed by atoms with Crippen LogP contribution in [0.15, 0.2) is 10.7 Å². The third-order valence-corrected chi connectivity index (χ3v) is 2.48. The van der Waals surface area contributed by atoms with Crippen molar-refractivity contribution in [2.45, 2.75) is 26.2 Å². The maximum absolute atomic E-state index is 11.9. The number of nitrogens with zero attached hydrogens (tertiary/aromatic N) is 2. The Morgan fingerprint density at radius 1 is 1.50 bits per heavy atom. The number of aliphatic hydroxyl groups is 1. The molecule has 0 atom stereocenters. The van der Waals surface area contributed by atoms with E-state index in [9.17, 15) is 4.79 Å². The van der Waals surface area contributed by atoms with E-state index in [-0.39, 0.29) is 12.5 Å². The third kappa shape index (κ3) is 3.34. The number of carbonyl (C=O) groups is 1. The number of rotatable bonds is 6. The molecule has 0 aromatic carbocycles. The molecule has 5 nitrogen and oxygen atoms in total. The van der Waals surface area contributed by atoms with E-state index in [2.05, 4.69) is 5.16 Å². The predicted octanol–water partition coefficient (Wildman–Crippen LogP) is 1.22. The van der Waals surface area contributed by atoms with Gasteiger partial charge < -0.3 is 14.5 Å². The third-order valence-electron chi connectivity index (χ3n) is 2.48. The molecule has 0 spiro atoms. The van der Waals surface area contributed by atoms with Crippen LogP contribution in [0.4, 0.5) is 0 Å². The minimum atomic E-state index is -0.0669. The van der Waals surface area contributed by atoms with E-state index in [1.165, 1.54) is 6.20 Å². The predicted molar refractivity (Wildman–Crippen MR) is 59.1 cm³/mol. The first-order valence-electron chi connectivity index (χ1n) is 5.44. The van der Waals surface area contributed by atoms with Gasteiger partial charge in [0.05, 0.1) is 6.20 Å². The van der Waals surface area contributed by atoms with Crippen molar-refractivity contribution >= 4 is 5.91 Å². The summed E-state index contributed by atoms with van der Waals surface area (Å²) in [7, 11) is 1.76. The first-order valence-corrected chi connectivity index (χ1v) is 5.44. The van der Waals surface area contributed by atoms with E-state index in [1.807, 2.05) is 0 Å². The van der Waals surface area contributed by atoms with E-state index >= 15 is 0 Å². The van der Waals surface area contributed by atoms with E-state index in [0.717, 1.165) is 19.3 Å². The van der Waals surface area contributed by atoms with Gasteiger partial charge in [-0.25, -0.2) is 0 Å². The summed E-state index contributed by atoms with van der Waals surface area (Å²) in [5.74, 6) is 0.481. The fourth-order valence-electron chi connectivity index (χ4n) is 1.45. The van der Waals surface area contributed by atoms with Crippen molar-refractivity contribution in [1.82, 2.24) is 10.1 Å². The van der Waals surface area contributed by atoms with Gasteiger partial charge in [-0.1, -0.05) is 5.16 Å². The van der Waals surface area contributed by atoms with E-state index in [0.29, 0.717) is 17.9 Å². The van der Waals surface area contributed by atoms with Crippen LogP contribution in [-0.4, -0.2) is 41.3 Å². The minimum absolute atomic E-state index is 0.0669. The van der Waals surface area contributed by atoms with Crippen molar-refractivity contribution < 1.29 is 14.4 Å². The average molecular weight is 226 g/mol. The summed E-state index contributed by atoms with van der Waals surface area (Å²) in [6, 6.07) is 0. The molecule has 0 radical (unpaired) electrons. The topological polar surface area (TPSA) is 66.6 Å². The number of hydrogen-bond donors (Lipinski definition) is 1. The molecule has 1 aromatic heterocycles. The molecule has 0 bridgehead atoms. The van der Waals surface area contributed by atoms with Crippen LogP contribution in [0.5, 0.6) is 0 Å². The Balaban J connectivity index is 2.40. The molecule has 1 N–H and O–H groups in total. The fraction of sp³-hybridized carbons (Fsp3) is 0.636. The largest absolute Gasteiger partial charge is 0.396 e. The summed E-state index contributed by atoms with van der Waals surface area (Å²) < 4.78 is 4.85. The number of amides is 1. The lowest BCUT2D eigenvalue weighted by Gasteiger charge is -2.15. The Morgan fingerprint density at radius 3 is 2.81 bits per heavy atom. The van der Waals surface area contributed by atoms with Gasteiger partial charge in [0.25, 0.3) is 5.91 Å². The highest BCUT2D eigenvalue weighted by atomic mass is 16.5. The van der Waals surface area contributed by atoms with Crippen LogP contribution in [0.25, 0.3) is 0 Å². The highest BCUT2D eigenvalue weighted by Crippen LogP contribution is 2.09. The Bertz CT molecular complexity index is 336. The van der Waals surface area contributed by atoms with Crippen LogP contribution in [0.3, 0.4) is 0 Å². The Labute approximate surface area is 95.0 Å². The van der Waals surface area contributed by atoms with Gasteiger partial charge >= 0.3 is 0 Å². The zero-order valence-electron chi connectivity index (χ0n) is 9.77. The zero-order valence-corrected chi connectivity index (χ0v) is 9.77. The van der Waals surface area contributed by atoms with Crippen LogP contribution in [0.2, 0.25) is 0 Å². The highest BCUT2D eigenvalue weighted by molar-refractivity contribution is 5.94. The number of hydrogen-bond acceptors (Lipinski definition) is 4. The summed E-state index contributed by atoms with van der Waals surface area (Å²) in [4.78, 5) is 13.5. The van der Waals surface area contributed by atoms with Crippen LogP contribution in [0, 0.1) is 6.92 Å². The molecule has 0 saturated heterocycles. The molecule has 0 saturated carbocycles. The molecule has 1 amide bonds. The molecular weight excluding hydrogens is 208 g/mol. The quantitative estimate of drug-likeness (QED) is 0.740. The van der Waals surface area contributed by atoms with Gasteiger partial charge in [-0.15, -0.1) is 0 Å². The second-order valence-corrected chi connectivity index (χ2v) is 3.81. The Morgan fingerprint density at radius 2 is 2.25 bits per heavy atom. The molecule has 1 rings (SSSR count). The Hall–Kier alpha value is -1.36. The molecule has 90 valence electrons. The van der Waals surface area contributed by atoms with Gasteiger partial charge in [0.15, 0.2) is 0 Å². The summed E-state index contributed by atoms with van der Waals surface area (Å²) >= 11 is 0. The van der Waals surface area contributed by atoms with E-state index in [4.69, 9.17) is 9.63 Å². The highest BCUT2D eigenvalue weighted by Gasteiger charge is 2.16. The number of aryl methyl sites for hydroxylation is 1. The smallest absolute Gasteiger partial charge is 0.258 e. The second-order valence-electron chi connectivity index (χ2n) is 3.81. The van der Waals surface area contributed by atoms with Gasteiger partial charge in [-0.05, 0) is 26.2 Å². The van der Waals surface area contributed by atoms with Crippen molar-refractivity contribution in [3.05, 3.63) is 17.5 Å². The Kier molecular flexibility index (Phi) is 4.98. The fourth-order valence-corrected chi connectivity index (χ4v) is 1.45. The summed E-state index contributed by atoms with van der Waals surface area (Å²) in [5, 5.41) is 12.2. The maximum atomic E-state index is 11.9. The van der Waals surface area contributed by atoms with Crippen LogP contribution in [0.1, 0.15) is 35.4 Å². The van der Waals surface area contributed by atoms with Crippen LogP contribution < -0.4 is 0 Å². The first-order chi connectivity index (χ1) is 7.66. The van der Waals surface area contributed by atoms with Gasteiger partial charge in [0.2, 0.25) is 0 Å². The summed E-state index contributed by atoms with van der Waals surface area (Å²) in [6.07, 6.45) is 4.06. The molecule has 1 heterocycles. The summed E-state index contributed by atoms with van der Waals surface area (Å²) in [6.45, 7) is 2.62. The molecule has 16 heavy (non-hydrogen) atoms. The minimum Gasteiger partial charge on any atom is -0.396 e. The van der Waals surface area contributed by atoms with Gasteiger partial charge in [0, 0.05) is 20.2 Å². The van der Waals surface area contributed by atoms with Gasteiger partial charge in [-0.3, -0.25) is 4.79 Å². The first kappa shape index (κ1) is 12.7. The lowest BCUT2D eigenvalue weighted by molar-refractivity contribution is 0.0790. The molecule has 5 heteroatoms. The molecule has 0 fully saturated rings. The van der Waals surface area contributed by atoms with Crippen LogP contribution in [-0.2, 0) is 0 Å². The molecule has 0 aliphatic heterocycles. The average Bonchev–Trinajstić information content (AvgIpc) is 2.69. The number of unbranched alkanes of at least 4 members (excludes halogenated alkanes) is 2. The van der Waals surface area contributed by atoms with Crippen molar-refractivity contribution in [3.63, 3.8) is 0 Å². The van der Waals surface area contributed by atoms with Crippen molar-refractivity contribution in [2.75, 3.05) is 20.2 Å². The second kappa shape index (κ2) is 6.27. The molecular formula is C11H18N2O3. The van der Waals surface area contributed by atoms with Crippen molar-refractivity contribution in [1.29, 1.82) is 0 Å². The molecule has 0 aliphatic carbocycles. The van der Waals surface area contributed by atoms with Gasteiger partial charge in [-0.2, -0.15) is 0 Å². The maximum Gasteiger partial charge on any atom is 0.258 e. The monoisotopic (exact) mass is 226 g/mol. The van der Waals surface area contributed by atoms with E-state index in [1.54, 1.807) is 18.9 Å². The number of carbonyl (C=O) groups excluding carboxylic acids is 1. The van der Waals surface area contributed by atoms with Crippen LogP contribution >= 0.6 is 0 Å². The molecule has 0 aliphatic rings. The van der Waals surface area contributed by atoms with E-state index < -0.39 is 0 Å².